The highest BCUT2D eigenvalue weighted by atomic mass is 35.5. The minimum atomic E-state index is -0.576. The molecule has 0 fully saturated rings. The third-order valence-electron chi connectivity index (χ3n) is 4.24. The first-order valence-electron chi connectivity index (χ1n) is 8.44. The lowest BCUT2D eigenvalue weighted by atomic mass is 10.1. The second kappa shape index (κ2) is 8.24. The van der Waals surface area contributed by atoms with Crippen LogP contribution in [0.15, 0.2) is 54.7 Å². The van der Waals surface area contributed by atoms with Crippen LogP contribution in [-0.4, -0.2) is 21.0 Å². The second-order valence-electron chi connectivity index (χ2n) is 6.08. The number of nitrogens with zero attached hydrogens (tertiary/aromatic N) is 2. The van der Waals surface area contributed by atoms with Crippen molar-refractivity contribution in [1.82, 2.24) is 9.78 Å². The Morgan fingerprint density at radius 3 is 2.74 bits per heavy atom. The van der Waals surface area contributed by atoms with Crippen LogP contribution in [0.4, 0.5) is 10.6 Å². The predicted octanol–water partition coefficient (Wildman–Crippen LogP) is 4.54. The van der Waals surface area contributed by atoms with E-state index in [1.165, 1.54) is 0 Å². The number of aryl methyl sites for hydroxylation is 1. The predicted molar refractivity (Wildman–Crippen MR) is 105 cm³/mol. The Labute approximate surface area is 162 Å². The highest BCUT2D eigenvalue weighted by Crippen LogP contribution is 2.31. The van der Waals surface area contributed by atoms with Crippen molar-refractivity contribution in [3.8, 4) is 11.1 Å². The van der Waals surface area contributed by atoms with Gasteiger partial charge in [0, 0.05) is 17.6 Å². The molecule has 3 aromatic rings. The maximum Gasteiger partial charge on any atom is 0.413 e. The molecule has 140 valence electrons. The van der Waals surface area contributed by atoms with E-state index in [4.69, 9.17) is 16.3 Å². The maximum absolute atomic E-state index is 12.4. The van der Waals surface area contributed by atoms with Gasteiger partial charge in [0.2, 0.25) is 0 Å². The number of aromatic nitrogens is 2. The Balaban J connectivity index is 1.80. The molecule has 2 N–H and O–H groups in total. The van der Waals surface area contributed by atoms with Gasteiger partial charge < -0.3 is 9.84 Å². The summed E-state index contributed by atoms with van der Waals surface area (Å²) in [5.74, 6) is 0.492. The van der Waals surface area contributed by atoms with Crippen molar-refractivity contribution in [1.29, 1.82) is 0 Å². The molecule has 1 aromatic heterocycles. The molecule has 7 heteroatoms. The molecule has 0 aliphatic heterocycles. The zero-order chi connectivity index (χ0) is 19.4. The second-order valence-corrected chi connectivity index (χ2v) is 6.49. The molecule has 0 aliphatic carbocycles. The SMILES string of the molecule is CC(OC(=O)Nc1c(-c2ccc(Cl)c(CO)c2)cnn1C)c1ccccc1. The van der Waals surface area contributed by atoms with Crippen molar-refractivity contribution < 1.29 is 14.6 Å². The number of benzene rings is 2. The molecule has 1 amide bonds. The van der Waals surface area contributed by atoms with E-state index in [9.17, 15) is 9.90 Å². The monoisotopic (exact) mass is 385 g/mol. The average Bonchev–Trinajstić information content (AvgIpc) is 3.03. The van der Waals surface area contributed by atoms with Gasteiger partial charge in [0.1, 0.15) is 11.9 Å². The zero-order valence-electron chi connectivity index (χ0n) is 15.0. The molecule has 6 nitrogen and oxygen atoms in total. The normalized spacial score (nSPS) is 11.9. The molecule has 1 heterocycles. The number of rotatable bonds is 5. The van der Waals surface area contributed by atoms with Crippen LogP contribution >= 0.6 is 11.6 Å². The molecule has 0 aliphatic rings. The van der Waals surface area contributed by atoms with Gasteiger partial charge in [-0.3, -0.25) is 10.00 Å². The largest absolute Gasteiger partial charge is 0.441 e. The number of carbonyl (C=O) groups excluding carboxylic acids is 1. The highest BCUT2D eigenvalue weighted by Gasteiger charge is 2.17. The summed E-state index contributed by atoms with van der Waals surface area (Å²) in [4.78, 5) is 12.4. The molecular formula is C20H20ClN3O3. The molecule has 0 spiro atoms. The van der Waals surface area contributed by atoms with E-state index >= 15 is 0 Å². The van der Waals surface area contributed by atoms with Crippen LogP contribution in [0.25, 0.3) is 11.1 Å². The van der Waals surface area contributed by atoms with Gasteiger partial charge in [0.15, 0.2) is 0 Å². The summed E-state index contributed by atoms with van der Waals surface area (Å²) < 4.78 is 7.02. The van der Waals surface area contributed by atoms with E-state index in [-0.39, 0.29) is 12.7 Å². The molecule has 27 heavy (non-hydrogen) atoms. The van der Waals surface area contributed by atoms with E-state index in [0.717, 1.165) is 11.1 Å². The zero-order valence-corrected chi connectivity index (χ0v) is 15.8. The summed E-state index contributed by atoms with van der Waals surface area (Å²) in [5, 5.41) is 16.9. The molecule has 0 radical (unpaired) electrons. The van der Waals surface area contributed by atoms with Crippen molar-refractivity contribution >= 4 is 23.5 Å². The van der Waals surface area contributed by atoms with Crippen LogP contribution in [0, 0.1) is 0 Å². The molecule has 1 atom stereocenters. The highest BCUT2D eigenvalue weighted by molar-refractivity contribution is 6.31. The van der Waals surface area contributed by atoms with Crippen molar-refractivity contribution in [2.45, 2.75) is 19.6 Å². The summed E-state index contributed by atoms with van der Waals surface area (Å²) in [6.07, 6.45) is 0.674. The number of aliphatic hydroxyl groups is 1. The van der Waals surface area contributed by atoms with Crippen LogP contribution < -0.4 is 5.32 Å². The van der Waals surface area contributed by atoms with Gasteiger partial charge in [-0.05, 0) is 35.7 Å². The van der Waals surface area contributed by atoms with Gasteiger partial charge in [-0.2, -0.15) is 5.10 Å². The third kappa shape index (κ3) is 4.30. The number of amides is 1. The molecule has 0 saturated carbocycles. The molecule has 2 aromatic carbocycles. The lowest BCUT2D eigenvalue weighted by Crippen LogP contribution is -2.18. The van der Waals surface area contributed by atoms with Crippen LogP contribution in [0.3, 0.4) is 0 Å². The van der Waals surface area contributed by atoms with Crippen LogP contribution in [-0.2, 0) is 18.4 Å². The number of hydrogen-bond acceptors (Lipinski definition) is 4. The first kappa shape index (κ1) is 18.9. The average molecular weight is 386 g/mol. The lowest BCUT2D eigenvalue weighted by Gasteiger charge is -2.15. The Kier molecular flexibility index (Phi) is 5.78. The molecular weight excluding hydrogens is 366 g/mol. The number of anilines is 1. The summed E-state index contributed by atoms with van der Waals surface area (Å²) in [6, 6.07) is 14.8. The number of hydrogen-bond donors (Lipinski definition) is 2. The quantitative estimate of drug-likeness (QED) is 0.675. The molecule has 0 saturated heterocycles. The first-order chi connectivity index (χ1) is 13.0. The fourth-order valence-corrected chi connectivity index (χ4v) is 2.92. The van der Waals surface area contributed by atoms with Gasteiger partial charge in [-0.25, -0.2) is 4.79 Å². The standard InChI is InChI=1S/C20H20ClN3O3/c1-13(14-6-4-3-5-7-14)27-20(26)23-19-17(11-22-24(19)2)15-8-9-18(21)16(10-15)12-25/h3-11,13,25H,12H2,1-2H3,(H,23,26). The maximum atomic E-state index is 12.4. The molecule has 1 unspecified atom stereocenters. The van der Waals surface area contributed by atoms with Gasteiger partial charge in [-0.15, -0.1) is 0 Å². The van der Waals surface area contributed by atoms with E-state index < -0.39 is 6.09 Å². The van der Waals surface area contributed by atoms with Crippen molar-refractivity contribution in [3.05, 3.63) is 70.9 Å². The van der Waals surface area contributed by atoms with Gasteiger partial charge in [0.05, 0.1) is 12.8 Å². The number of nitrogens with one attached hydrogen (secondary N) is 1. The Morgan fingerprint density at radius 2 is 2.04 bits per heavy atom. The summed E-state index contributed by atoms with van der Waals surface area (Å²) in [7, 11) is 1.72. The van der Waals surface area contributed by atoms with Gasteiger partial charge >= 0.3 is 6.09 Å². The number of carbonyl (C=O) groups is 1. The van der Waals surface area contributed by atoms with Gasteiger partial charge in [0.25, 0.3) is 0 Å². The van der Waals surface area contributed by atoms with E-state index in [1.54, 1.807) is 30.1 Å². The van der Waals surface area contributed by atoms with E-state index in [2.05, 4.69) is 10.4 Å². The summed E-state index contributed by atoms with van der Waals surface area (Å²) in [6.45, 7) is 1.64. The molecule has 3 rings (SSSR count). The number of ether oxygens (including phenoxy) is 1. The van der Waals surface area contributed by atoms with E-state index in [0.29, 0.717) is 22.0 Å². The number of halogens is 1. The van der Waals surface area contributed by atoms with Crippen molar-refractivity contribution in [2.75, 3.05) is 5.32 Å². The lowest BCUT2D eigenvalue weighted by molar-refractivity contribution is 0.121. The summed E-state index contributed by atoms with van der Waals surface area (Å²) >= 11 is 6.06. The van der Waals surface area contributed by atoms with Crippen molar-refractivity contribution in [3.63, 3.8) is 0 Å². The minimum Gasteiger partial charge on any atom is -0.441 e. The van der Waals surface area contributed by atoms with Crippen LogP contribution in [0.1, 0.15) is 24.2 Å². The minimum absolute atomic E-state index is 0.174. The fourth-order valence-electron chi connectivity index (χ4n) is 2.74. The fraction of sp³-hybridized carbons (Fsp3) is 0.200. The van der Waals surface area contributed by atoms with Crippen molar-refractivity contribution in [2.24, 2.45) is 7.05 Å². The van der Waals surface area contributed by atoms with E-state index in [1.807, 2.05) is 43.3 Å². The topological polar surface area (TPSA) is 76.4 Å². The third-order valence-corrected chi connectivity index (χ3v) is 4.61. The Bertz CT molecular complexity index is 941. The van der Waals surface area contributed by atoms with Crippen LogP contribution in [0.2, 0.25) is 5.02 Å². The smallest absolute Gasteiger partial charge is 0.413 e. The Hall–Kier alpha value is -2.83. The number of aliphatic hydroxyl groups excluding tert-OH is 1. The first-order valence-corrected chi connectivity index (χ1v) is 8.81. The molecule has 0 bridgehead atoms. The van der Waals surface area contributed by atoms with Gasteiger partial charge in [-0.1, -0.05) is 48.0 Å². The summed E-state index contributed by atoms with van der Waals surface area (Å²) in [5.41, 5.74) is 2.99. The van der Waals surface area contributed by atoms with Crippen LogP contribution in [0.5, 0.6) is 0 Å². The Morgan fingerprint density at radius 1 is 1.30 bits per heavy atom.